The molecule has 122 valence electrons. The summed E-state index contributed by atoms with van der Waals surface area (Å²) in [7, 11) is 1.64. The van der Waals surface area contributed by atoms with Gasteiger partial charge in [-0.3, -0.25) is 4.79 Å². The number of hydrogen-bond acceptors (Lipinski definition) is 4. The van der Waals surface area contributed by atoms with Gasteiger partial charge in [0.1, 0.15) is 11.8 Å². The summed E-state index contributed by atoms with van der Waals surface area (Å²) in [5.74, 6) is 1.37. The van der Waals surface area contributed by atoms with E-state index in [1.54, 1.807) is 7.11 Å². The second-order valence-electron chi connectivity index (χ2n) is 5.64. The van der Waals surface area contributed by atoms with Crippen LogP contribution < -0.4 is 15.4 Å². The highest BCUT2D eigenvalue weighted by atomic mass is 16.5. The van der Waals surface area contributed by atoms with Gasteiger partial charge in [0.25, 0.3) is 0 Å². The van der Waals surface area contributed by atoms with Gasteiger partial charge in [0.05, 0.1) is 7.11 Å². The molecule has 0 radical (unpaired) electrons. The van der Waals surface area contributed by atoms with Crippen molar-refractivity contribution in [1.29, 1.82) is 0 Å². The summed E-state index contributed by atoms with van der Waals surface area (Å²) in [6, 6.07) is 7.41. The molecule has 2 rings (SSSR count). The van der Waals surface area contributed by atoms with Crippen molar-refractivity contribution in [3.8, 4) is 5.75 Å². The second kappa shape index (κ2) is 8.63. The van der Waals surface area contributed by atoms with Gasteiger partial charge >= 0.3 is 0 Å². The van der Waals surface area contributed by atoms with Crippen LogP contribution in [0.5, 0.6) is 5.75 Å². The SMILES string of the molecule is CCC(Nc1cccc(OC)c1)C(=O)NCC1CCOCC1. The third-order valence-corrected chi connectivity index (χ3v) is 4.04. The average Bonchev–Trinajstić information content (AvgIpc) is 2.58. The van der Waals surface area contributed by atoms with Crippen molar-refractivity contribution in [3.63, 3.8) is 0 Å². The summed E-state index contributed by atoms with van der Waals surface area (Å²) in [5, 5.41) is 6.34. The molecule has 2 N–H and O–H groups in total. The monoisotopic (exact) mass is 306 g/mol. The first-order valence-electron chi connectivity index (χ1n) is 7.99. The molecule has 1 heterocycles. The van der Waals surface area contributed by atoms with Crippen LogP contribution in [0, 0.1) is 5.92 Å². The van der Waals surface area contributed by atoms with E-state index in [-0.39, 0.29) is 11.9 Å². The summed E-state index contributed by atoms with van der Waals surface area (Å²) >= 11 is 0. The Hall–Kier alpha value is -1.75. The van der Waals surface area contributed by atoms with Crippen molar-refractivity contribution in [2.24, 2.45) is 5.92 Å². The van der Waals surface area contributed by atoms with E-state index in [0.29, 0.717) is 5.92 Å². The molecule has 1 aromatic carbocycles. The van der Waals surface area contributed by atoms with E-state index in [4.69, 9.17) is 9.47 Å². The molecular weight excluding hydrogens is 280 g/mol. The highest BCUT2D eigenvalue weighted by Crippen LogP contribution is 2.18. The normalized spacial score (nSPS) is 16.8. The molecule has 1 amide bonds. The number of methoxy groups -OCH3 is 1. The molecule has 1 fully saturated rings. The van der Waals surface area contributed by atoms with Crippen molar-refractivity contribution in [2.75, 3.05) is 32.2 Å². The molecule has 0 spiro atoms. The van der Waals surface area contributed by atoms with Gasteiger partial charge in [0, 0.05) is 31.5 Å². The zero-order valence-electron chi connectivity index (χ0n) is 13.4. The van der Waals surface area contributed by atoms with Crippen molar-refractivity contribution in [2.45, 2.75) is 32.2 Å². The average molecular weight is 306 g/mol. The van der Waals surface area contributed by atoms with Crippen LogP contribution in [-0.4, -0.2) is 38.8 Å². The first-order chi connectivity index (χ1) is 10.7. The predicted molar refractivity (Wildman–Crippen MR) is 87.2 cm³/mol. The second-order valence-corrected chi connectivity index (χ2v) is 5.64. The minimum Gasteiger partial charge on any atom is -0.497 e. The molecule has 1 saturated heterocycles. The van der Waals surface area contributed by atoms with E-state index in [1.165, 1.54) is 0 Å². The van der Waals surface area contributed by atoms with Gasteiger partial charge in [-0.15, -0.1) is 0 Å². The fourth-order valence-electron chi connectivity index (χ4n) is 2.59. The number of rotatable bonds is 7. The number of amides is 1. The van der Waals surface area contributed by atoms with Crippen LogP contribution in [0.25, 0.3) is 0 Å². The fourth-order valence-corrected chi connectivity index (χ4v) is 2.59. The quantitative estimate of drug-likeness (QED) is 0.812. The van der Waals surface area contributed by atoms with E-state index >= 15 is 0 Å². The molecule has 22 heavy (non-hydrogen) atoms. The Labute approximate surface area is 132 Å². The summed E-state index contributed by atoms with van der Waals surface area (Å²) in [6.45, 7) is 4.35. The molecule has 5 nitrogen and oxygen atoms in total. The Morgan fingerprint density at radius 1 is 1.41 bits per heavy atom. The largest absolute Gasteiger partial charge is 0.497 e. The maximum absolute atomic E-state index is 12.3. The Kier molecular flexibility index (Phi) is 6.52. The number of anilines is 1. The van der Waals surface area contributed by atoms with Crippen molar-refractivity contribution in [3.05, 3.63) is 24.3 Å². The molecule has 1 aliphatic rings. The lowest BCUT2D eigenvalue weighted by Gasteiger charge is -2.24. The van der Waals surface area contributed by atoms with Crippen LogP contribution in [0.3, 0.4) is 0 Å². The number of benzene rings is 1. The molecule has 0 bridgehead atoms. The first-order valence-corrected chi connectivity index (χ1v) is 7.99. The molecule has 0 aromatic heterocycles. The molecular formula is C17H26N2O3. The van der Waals surface area contributed by atoms with E-state index in [1.807, 2.05) is 31.2 Å². The lowest BCUT2D eigenvalue weighted by molar-refractivity contribution is -0.122. The molecule has 1 atom stereocenters. The Morgan fingerprint density at radius 3 is 2.86 bits per heavy atom. The molecule has 1 unspecified atom stereocenters. The standard InChI is InChI=1S/C17H26N2O3/c1-3-16(19-14-5-4-6-15(11-14)21-2)17(20)18-12-13-7-9-22-10-8-13/h4-6,11,13,16,19H,3,7-10,12H2,1-2H3,(H,18,20). The van der Waals surface area contributed by atoms with E-state index < -0.39 is 0 Å². The molecule has 0 aliphatic carbocycles. The highest BCUT2D eigenvalue weighted by molar-refractivity contribution is 5.84. The van der Waals surface area contributed by atoms with Crippen LogP contribution in [0.2, 0.25) is 0 Å². The van der Waals surface area contributed by atoms with Crippen LogP contribution in [0.15, 0.2) is 24.3 Å². The summed E-state index contributed by atoms with van der Waals surface area (Å²) < 4.78 is 10.5. The van der Waals surface area contributed by atoms with Gasteiger partial charge < -0.3 is 20.1 Å². The predicted octanol–water partition coefficient (Wildman–Crippen LogP) is 2.43. The number of hydrogen-bond donors (Lipinski definition) is 2. The smallest absolute Gasteiger partial charge is 0.242 e. The third-order valence-electron chi connectivity index (χ3n) is 4.04. The van der Waals surface area contributed by atoms with Gasteiger partial charge in [0.15, 0.2) is 0 Å². The van der Waals surface area contributed by atoms with Crippen LogP contribution in [-0.2, 0) is 9.53 Å². The molecule has 1 aliphatic heterocycles. The Bertz CT molecular complexity index is 473. The van der Waals surface area contributed by atoms with E-state index in [2.05, 4.69) is 10.6 Å². The molecule has 1 aromatic rings. The first kappa shape index (κ1) is 16.6. The van der Waals surface area contributed by atoms with Crippen LogP contribution >= 0.6 is 0 Å². The maximum Gasteiger partial charge on any atom is 0.242 e. The number of carbonyl (C=O) groups excluding carboxylic acids is 1. The van der Waals surface area contributed by atoms with E-state index in [9.17, 15) is 4.79 Å². The molecule has 5 heteroatoms. The van der Waals surface area contributed by atoms with Gasteiger partial charge in [-0.1, -0.05) is 13.0 Å². The molecule has 0 saturated carbocycles. The minimum atomic E-state index is -0.230. The van der Waals surface area contributed by atoms with Crippen LogP contribution in [0.4, 0.5) is 5.69 Å². The van der Waals surface area contributed by atoms with Gasteiger partial charge in [-0.25, -0.2) is 0 Å². The lowest BCUT2D eigenvalue weighted by atomic mass is 10.0. The summed E-state index contributed by atoms with van der Waals surface area (Å²) in [6.07, 6.45) is 2.79. The van der Waals surface area contributed by atoms with Gasteiger partial charge in [-0.05, 0) is 37.3 Å². The highest BCUT2D eigenvalue weighted by Gasteiger charge is 2.19. The third kappa shape index (κ3) is 4.91. The zero-order valence-corrected chi connectivity index (χ0v) is 13.4. The summed E-state index contributed by atoms with van der Waals surface area (Å²) in [4.78, 5) is 12.3. The van der Waals surface area contributed by atoms with Crippen molar-refractivity contribution < 1.29 is 14.3 Å². The summed E-state index contributed by atoms with van der Waals surface area (Å²) in [5.41, 5.74) is 0.896. The lowest BCUT2D eigenvalue weighted by Crippen LogP contribution is -2.42. The van der Waals surface area contributed by atoms with E-state index in [0.717, 1.165) is 50.5 Å². The van der Waals surface area contributed by atoms with Crippen molar-refractivity contribution in [1.82, 2.24) is 5.32 Å². The number of nitrogens with one attached hydrogen (secondary N) is 2. The Morgan fingerprint density at radius 2 is 2.18 bits per heavy atom. The minimum absolute atomic E-state index is 0.0526. The Balaban J connectivity index is 1.85. The van der Waals surface area contributed by atoms with Crippen molar-refractivity contribution >= 4 is 11.6 Å². The topological polar surface area (TPSA) is 59.6 Å². The van der Waals surface area contributed by atoms with Gasteiger partial charge in [-0.2, -0.15) is 0 Å². The zero-order chi connectivity index (χ0) is 15.8. The maximum atomic E-state index is 12.3. The number of ether oxygens (including phenoxy) is 2. The van der Waals surface area contributed by atoms with Crippen LogP contribution in [0.1, 0.15) is 26.2 Å². The van der Waals surface area contributed by atoms with Gasteiger partial charge in [0.2, 0.25) is 5.91 Å². The number of carbonyl (C=O) groups is 1. The fraction of sp³-hybridized carbons (Fsp3) is 0.588.